The standard InChI is InChI=1S/C21H20BrN3O4S/c1-13-10-14(22)6-7-15(13)24-18(26)11-23-19(27)12-29-21(28)9-8-20-25-16-4-2-3-5-17(16)30-20/h2-7,10H,8-9,11-12H2,1H3,(H,23,27)(H,24,26). The first-order valence-electron chi connectivity index (χ1n) is 9.23. The zero-order valence-corrected chi connectivity index (χ0v) is 18.6. The van der Waals surface area contributed by atoms with Crippen LogP contribution in [0.2, 0.25) is 0 Å². The number of nitrogens with zero attached hydrogens (tertiary/aromatic N) is 1. The van der Waals surface area contributed by atoms with Gasteiger partial charge in [0.05, 0.1) is 28.2 Å². The van der Waals surface area contributed by atoms with Crippen molar-refractivity contribution in [3.63, 3.8) is 0 Å². The number of aromatic nitrogens is 1. The molecule has 0 saturated carbocycles. The zero-order valence-electron chi connectivity index (χ0n) is 16.2. The number of hydrogen-bond acceptors (Lipinski definition) is 6. The Morgan fingerprint density at radius 2 is 1.93 bits per heavy atom. The molecule has 0 fully saturated rings. The number of para-hydroxylation sites is 1. The maximum atomic E-state index is 12.0. The fourth-order valence-corrected chi connectivity index (χ4v) is 4.09. The van der Waals surface area contributed by atoms with Gasteiger partial charge in [0.25, 0.3) is 5.91 Å². The molecule has 0 radical (unpaired) electrons. The zero-order chi connectivity index (χ0) is 21.5. The molecule has 0 unspecified atom stereocenters. The molecule has 3 aromatic rings. The number of hydrogen-bond donors (Lipinski definition) is 2. The van der Waals surface area contributed by atoms with E-state index in [2.05, 4.69) is 31.5 Å². The largest absolute Gasteiger partial charge is 0.456 e. The minimum absolute atomic E-state index is 0.135. The van der Waals surface area contributed by atoms with Crippen molar-refractivity contribution < 1.29 is 19.1 Å². The highest BCUT2D eigenvalue weighted by atomic mass is 79.9. The molecule has 156 valence electrons. The average molecular weight is 490 g/mol. The van der Waals surface area contributed by atoms with Crippen LogP contribution in [0.3, 0.4) is 0 Å². The molecule has 2 N–H and O–H groups in total. The van der Waals surface area contributed by atoms with Crippen LogP contribution in [0.15, 0.2) is 46.9 Å². The summed E-state index contributed by atoms with van der Waals surface area (Å²) >= 11 is 4.89. The lowest BCUT2D eigenvalue weighted by Crippen LogP contribution is -2.35. The predicted octanol–water partition coefficient (Wildman–Crippen LogP) is 3.60. The van der Waals surface area contributed by atoms with Crippen LogP contribution in [-0.2, 0) is 25.5 Å². The molecular weight excluding hydrogens is 470 g/mol. The number of rotatable bonds is 8. The van der Waals surface area contributed by atoms with Crippen molar-refractivity contribution in [1.82, 2.24) is 10.3 Å². The summed E-state index contributed by atoms with van der Waals surface area (Å²) in [6, 6.07) is 13.2. The molecule has 0 bridgehead atoms. The van der Waals surface area contributed by atoms with E-state index in [4.69, 9.17) is 4.74 Å². The number of amides is 2. The number of ether oxygens (including phenoxy) is 1. The molecule has 2 aromatic carbocycles. The molecule has 0 saturated heterocycles. The Labute approximate surface area is 186 Å². The first kappa shape index (κ1) is 21.9. The van der Waals surface area contributed by atoms with Crippen LogP contribution in [0.5, 0.6) is 0 Å². The van der Waals surface area contributed by atoms with Gasteiger partial charge in [-0.1, -0.05) is 28.1 Å². The minimum atomic E-state index is -0.536. The number of nitrogens with one attached hydrogen (secondary N) is 2. The maximum absolute atomic E-state index is 12.0. The Balaban J connectivity index is 1.35. The summed E-state index contributed by atoms with van der Waals surface area (Å²) in [7, 11) is 0. The van der Waals surface area contributed by atoms with Gasteiger partial charge < -0.3 is 15.4 Å². The van der Waals surface area contributed by atoms with E-state index in [-0.39, 0.29) is 18.9 Å². The third-order valence-electron chi connectivity index (χ3n) is 4.15. The molecule has 1 aromatic heterocycles. The molecule has 3 rings (SSSR count). The fourth-order valence-electron chi connectivity index (χ4n) is 2.65. The van der Waals surface area contributed by atoms with Crippen molar-refractivity contribution in [2.45, 2.75) is 19.8 Å². The fraction of sp³-hybridized carbons (Fsp3) is 0.238. The third-order valence-corrected chi connectivity index (χ3v) is 5.74. The van der Waals surface area contributed by atoms with Gasteiger partial charge in [-0.05, 0) is 42.8 Å². The van der Waals surface area contributed by atoms with Gasteiger partial charge in [-0.2, -0.15) is 0 Å². The second kappa shape index (κ2) is 10.3. The average Bonchev–Trinajstić information content (AvgIpc) is 3.14. The predicted molar refractivity (Wildman–Crippen MR) is 119 cm³/mol. The van der Waals surface area contributed by atoms with Gasteiger partial charge in [-0.15, -0.1) is 11.3 Å². The maximum Gasteiger partial charge on any atom is 0.306 e. The number of carbonyl (C=O) groups is 3. The second-order valence-electron chi connectivity index (χ2n) is 6.52. The van der Waals surface area contributed by atoms with Gasteiger partial charge in [0, 0.05) is 16.6 Å². The van der Waals surface area contributed by atoms with Gasteiger partial charge in [0.1, 0.15) is 0 Å². The molecule has 2 amide bonds. The number of esters is 1. The number of thiazole rings is 1. The van der Waals surface area contributed by atoms with Crippen molar-refractivity contribution in [3.05, 3.63) is 57.5 Å². The molecular formula is C21H20BrN3O4S. The smallest absolute Gasteiger partial charge is 0.306 e. The normalized spacial score (nSPS) is 10.6. The molecule has 0 atom stereocenters. The molecule has 0 aliphatic carbocycles. The SMILES string of the molecule is Cc1cc(Br)ccc1NC(=O)CNC(=O)COC(=O)CCc1nc2ccccc2s1. The Morgan fingerprint density at radius 1 is 1.13 bits per heavy atom. The van der Waals surface area contributed by atoms with Crippen molar-refractivity contribution in [2.24, 2.45) is 0 Å². The lowest BCUT2D eigenvalue weighted by Gasteiger charge is -2.10. The number of aryl methyl sites for hydroxylation is 2. The lowest BCUT2D eigenvalue weighted by atomic mass is 10.2. The van der Waals surface area contributed by atoms with Crippen molar-refractivity contribution in [3.8, 4) is 0 Å². The highest BCUT2D eigenvalue weighted by molar-refractivity contribution is 9.10. The van der Waals surface area contributed by atoms with Crippen LogP contribution in [-0.4, -0.2) is 35.9 Å². The number of fused-ring (bicyclic) bond motifs is 1. The summed E-state index contributed by atoms with van der Waals surface area (Å²) < 4.78 is 6.95. The van der Waals surface area contributed by atoms with E-state index in [1.807, 2.05) is 43.3 Å². The first-order chi connectivity index (χ1) is 14.4. The van der Waals surface area contributed by atoms with Crippen molar-refractivity contribution in [1.29, 1.82) is 0 Å². The number of anilines is 1. The molecule has 1 heterocycles. The van der Waals surface area contributed by atoms with E-state index < -0.39 is 18.5 Å². The summed E-state index contributed by atoms with van der Waals surface area (Å²) in [6.45, 7) is 1.23. The van der Waals surface area contributed by atoms with Gasteiger partial charge >= 0.3 is 5.97 Å². The lowest BCUT2D eigenvalue weighted by molar-refractivity contribution is -0.148. The monoisotopic (exact) mass is 489 g/mol. The molecule has 0 spiro atoms. The second-order valence-corrected chi connectivity index (χ2v) is 8.55. The summed E-state index contributed by atoms with van der Waals surface area (Å²) in [6.07, 6.45) is 0.588. The van der Waals surface area contributed by atoms with Crippen LogP contribution in [0, 0.1) is 6.92 Å². The number of carbonyl (C=O) groups excluding carboxylic acids is 3. The molecule has 0 aliphatic heterocycles. The Kier molecular flexibility index (Phi) is 7.53. The van der Waals surface area contributed by atoms with Crippen LogP contribution in [0.4, 0.5) is 5.69 Å². The molecule has 9 heteroatoms. The van der Waals surface area contributed by atoms with Crippen LogP contribution in [0.25, 0.3) is 10.2 Å². The van der Waals surface area contributed by atoms with Crippen LogP contribution in [0.1, 0.15) is 17.0 Å². The van der Waals surface area contributed by atoms with Gasteiger partial charge in [-0.3, -0.25) is 14.4 Å². The Morgan fingerprint density at radius 3 is 2.70 bits per heavy atom. The summed E-state index contributed by atoms with van der Waals surface area (Å²) in [5.41, 5.74) is 2.46. The number of halogens is 1. The van der Waals surface area contributed by atoms with E-state index in [0.717, 1.165) is 25.3 Å². The summed E-state index contributed by atoms with van der Waals surface area (Å²) in [4.78, 5) is 40.1. The molecule has 0 aliphatic rings. The molecule has 30 heavy (non-hydrogen) atoms. The van der Waals surface area contributed by atoms with Crippen LogP contribution >= 0.6 is 27.3 Å². The highest BCUT2D eigenvalue weighted by Crippen LogP contribution is 2.22. The third kappa shape index (κ3) is 6.36. The van der Waals surface area contributed by atoms with E-state index >= 15 is 0 Å². The van der Waals surface area contributed by atoms with Gasteiger partial charge in [0.15, 0.2) is 6.61 Å². The quantitative estimate of drug-likeness (QED) is 0.471. The van der Waals surface area contributed by atoms with Gasteiger partial charge in [-0.25, -0.2) is 4.98 Å². The summed E-state index contributed by atoms with van der Waals surface area (Å²) in [5.74, 6) is -1.39. The number of benzene rings is 2. The molecule has 7 nitrogen and oxygen atoms in total. The van der Waals surface area contributed by atoms with Crippen LogP contribution < -0.4 is 10.6 Å². The topological polar surface area (TPSA) is 97.4 Å². The Hall–Kier alpha value is -2.78. The van der Waals surface area contributed by atoms with Crippen molar-refractivity contribution >= 4 is 61.0 Å². The highest BCUT2D eigenvalue weighted by Gasteiger charge is 2.12. The Bertz CT molecular complexity index is 1050. The van der Waals surface area contributed by atoms with Gasteiger partial charge in [0.2, 0.25) is 5.91 Å². The van der Waals surface area contributed by atoms with E-state index in [0.29, 0.717) is 12.1 Å². The van der Waals surface area contributed by atoms with E-state index in [9.17, 15) is 14.4 Å². The summed E-state index contributed by atoms with van der Waals surface area (Å²) in [5, 5.41) is 6.00. The van der Waals surface area contributed by atoms with E-state index in [1.165, 1.54) is 11.3 Å². The first-order valence-corrected chi connectivity index (χ1v) is 10.8. The van der Waals surface area contributed by atoms with E-state index in [1.54, 1.807) is 6.07 Å². The van der Waals surface area contributed by atoms with Crippen molar-refractivity contribution in [2.75, 3.05) is 18.5 Å². The minimum Gasteiger partial charge on any atom is -0.456 e.